The molecule has 0 saturated carbocycles. The second kappa shape index (κ2) is 7.47. The van der Waals surface area contributed by atoms with Gasteiger partial charge in [0.05, 0.1) is 6.61 Å². The lowest BCUT2D eigenvalue weighted by molar-refractivity contribution is -0.120. The molecule has 0 aliphatic rings. The number of carbonyl (C=O) groups is 1. The second-order valence-electron chi connectivity index (χ2n) is 2.16. The number of amides is 1. The monoisotopic (exact) mass is 193 g/mol. The Hall–Kier alpha value is -0.180. The van der Waals surface area contributed by atoms with E-state index < -0.39 is 8.38 Å². The van der Waals surface area contributed by atoms with Crippen molar-refractivity contribution in [2.45, 2.75) is 13.3 Å². The summed E-state index contributed by atoms with van der Waals surface area (Å²) in [6, 6.07) is 0. The van der Waals surface area contributed by atoms with Crippen molar-refractivity contribution in [2.75, 3.05) is 26.9 Å². The maximum absolute atomic E-state index is 10.7. The van der Waals surface area contributed by atoms with E-state index in [4.69, 9.17) is 9.05 Å². The van der Waals surface area contributed by atoms with Crippen LogP contribution in [0.5, 0.6) is 0 Å². The number of carbonyl (C=O) groups excluding carboxylic acids is 1. The molecule has 0 heterocycles. The quantitative estimate of drug-likeness (QED) is 0.508. The zero-order valence-corrected chi connectivity index (χ0v) is 8.69. The first-order valence-corrected chi connectivity index (χ1v) is 5.50. The highest BCUT2D eigenvalue weighted by Crippen LogP contribution is 2.30. The summed E-state index contributed by atoms with van der Waals surface area (Å²) in [4.78, 5) is 10.7. The van der Waals surface area contributed by atoms with Crippen LogP contribution in [0, 0.1) is 0 Å². The van der Waals surface area contributed by atoms with Crippen LogP contribution in [0.25, 0.3) is 0 Å². The van der Waals surface area contributed by atoms with Crippen molar-refractivity contribution < 1.29 is 13.8 Å². The molecule has 0 spiro atoms. The van der Waals surface area contributed by atoms with E-state index in [1.807, 2.05) is 13.6 Å². The summed E-state index contributed by atoms with van der Waals surface area (Å²) in [6.45, 7) is 4.76. The highest BCUT2D eigenvalue weighted by molar-refractivity contribution is 7.46. The maximum atomic E-state index is 10.7. The summed E-state index contributed by atoms with van der Waals surface area (Å²) in [6.07, 6.45) is 0.519. The molecule has 4 nitrogen and oxygen atoms in total. The van der Waals surface area contributed by atoms with E-state index in [-0.39, 0.29) is 5.91 Å². The van der Waals surface area contributed by atoms with E-state index in [2.05, 4.69) is 5.32 Å². The molecule has 1 atom stereocenters. The largest absolute Gasteiger partial charge is 0.354 e. The minimum absolute atomic E-state index is 0.0523. The molecular formula is C7H16NO3P. The molecule has 1 unspecified atom stereocenters. The first-order valence-electron chi connectivity index (χ1n) is 3.88. The van der Waals surface area contributed by atoms with Crippen molar-refractivity contribution in [3.8, 4) is 0 Å². The summed E-state index contributed by atoms with van der Waals surface area (Å²) in [5.41, 5.74) is 0. The lowest BCUT2D eigenvalue weighted by atomic mass is 10.4. The molecule has 0 rings (SSSR count). The third-order valence-corrected chi connectivity index (χ3v) is 2.34. The van der Waals surface area contributed by atoms with Crippen LogP contribution in [0.4, 0.5) is 0 Å². The topological polar surface area (TPSA) is 47.6 Å². The van der Waals surface area contributed by atoms with Crippen molar-refractivity contribution in [3.05, 3.63) is 0 Å². The number of rotatable bonds is 6. The Morgan fingerprint density at radius 3 is 2.75 bits per heavy atom. The predicted molar refractivity (Wildman–Crippen MR) is 49.1 cm³/mol. The molecule has 0 saturated heterocycles. The van der Waals surface area contributed by atoms with Gasteiger partial charge in [-0.25, -0.2) is 0 Å². The molecule has 12 heavy (non-hydrogen) atoms. The second-order valence-corrected chi connectivity index (χ2v) is 3.66. The molecule has 0 aromatic rings. The molecule has 72 valence electrons. The van der Waals surface area contributed by atoms with Crippen LogP contribution in [0.1, 0.15) is 13.3 Å². The van der Waals surface area contributed by atoms with Crippen LogP contribution >= 0.6 is 8.38 Å². The van der Waals surface area contributed by atoms with Gasteiger partial charge < -0.3 is 14.4 Å². The van der Waals surface area contributed by atoms with Crippen molar-refractivity contribution in [2.24, 2.45) is 0 Å². The minimum Gasteiger partial charge on any atom is -0.354 e. The molecule has 5 heteroatoms. The highest BCUT2D eigenvalue weighted by Gasteiger charge is 1.99. The molecular weight excluding hydrogens is 177 g/mol. The van der Waals surface area contributed by atoms with Gasteiger partial charge in [0.25, 0.3) is 0 Å². The van der Waals surface area contributed by atoms with E-state index in [0.29, 0.717) is 19.6 Å². The van der Waals surface area contributed by atoms with Crippen LogP contribution in [-0.4, -0.2) is 32.8 Å². The normalized spacial score (nSPS) is 12.6. The van der Waals surface area contributed by atoms with E-state index >= 15 is 0 Å². The predicted octanol–water partition coefficient (Wildman–Crippen LogP) is 1.12. The first kappa shape index (κ1) is 11.8. The van der Waals surface area contributed by atoms with Crippen LogP contribution < -0.4 is 5.32 Å². The summed E-state index contributed by atoms with van der Waals surface area (Å²) < 4.78 is 10.1. The van der Waals surface area contributed by atoms with Gasteiger partial charge in [-0.3, -0.25) is 4.79 Å². The van der Waals surface area contributed by atoms with Gasteiger partial charge in [0.2, 0.25) is 5.91 Å². The van der Waals surface area contributed by atoms with Crippen molar-refractivity contribution in [1.82, 2.24) is 5.32 Å². The fourth-order valence-corrected chi connectivity index (χ4v) is 0.996. The van der Waals surface area contributed by atoms with Gasteiger partial charge in [0.15, 0.2) is 8.38 Å². The zero-order chi connectivity index (χ0) is 9.40. The molecule has 0 bridgehead atoms. The van der Waals surface area contributed by atoms with E-state index in [1.54, 1.807) is 7.11 Å². The van der Waals surface area contributed by atoms with Gasteiger partial charge in [-0.2, -0.15) is 0 Å². The number of nitrogens with one attached hydrogen (secondary N) is 1. The Morgan fingerprint density at radius 1 is 1.58 bits per heavy atom. The molecule has 0 radical (unpaired) electrons. The lowest BCUT2D eigenvalue weighted by Gasteiger charge is -2.09. The Labute approximate surface area is 74.5 Å². The summed E-state index contributed by atoms with van der Waals surface area (Å²) >= 11 is 0. The van der Waals surface area contributed by atoms with Gasteiger partial charge in [-0.1, -0.05) is 6.92 Å². The van der Waals surface area contributed by atoms with Gasteiger partial charge in [-0.05, 0) is 0 Å². The van der Waals surface area contributed by atoms with Gasteiger partial charge in [0, 0.05) is 26.7 Å². The molecule has 0 fully saturated rings. The molecule has 0 aromatic heterocycles. The average molecular weight is 193 g/mol. The Bertz CT molecular complexity index is 132. The van der Waals surface area contributed by atoms with Crippen molar-refractivity contribution in [1.29, 1.82) is 0 Å². The first-order chi connectivity index (χ1) is 5.70. The third kappa shape index (κ3) is 6.53. The highest BCUT2D eigenvalue weighted by atomic mass is 31.2. The van der Waals surface area contributed by atoms with Crippen LogP contribution in [0.3, 0.4) is 0 Å². The Morgan fingerprint density at radius 2 is 2.25 bits per heavy atom. The van der Waals surface area contributed by atoms with E-state index in [0.717, 1.165) is 0 Å². The molecule has 0 aliphatic heterocycles. The number of hydrogen-bond donors (Lipinski definition) is 1. The fourth-order valence-electron chi connectivity index (χ4n) is 0.542. The molecule has 0 aliphatic carbocycles. The minimum atomic E-state index is -0.765. The fraction of sp³-hybridized carbons (Fsp3) is 0.857. The SMILES string of the molecule is CCC(=O)NCCOP(C)OC. The Balaban J connectivity index is 3.15. The average Bonchev–Trinajstić information content (AvgIpc) is 2.11. The molecule has 1 N–H and O–H groups in total. The molecule has 1 amide bonds. The summed E-state index contributed by atoms with van der Waals surface area (Å²) in [7, 11) is 0.843. The van der Waals surface area contributed by atoms with E-state index in [1.165, 1.54) is 0 Å². The van der Waals surface area contributed by atoms with Crippen LogP contribution in [-0.2, 0) is 13.8 Å². The van der Waals surface area contributed by atoms with Crippen molar-refractivity contribution >= 4 is 14.3 Å². The lowest BCUT2D eigenvalue weighted by Crippen LogP contribution is -2.25. The standard InChI is InChI=1S/C7H16NO3P/c1-4-7(9)8-5-6-11-12(3)10-2/h4-6H2,1-3H3,(H,8,9). The summed E-state index contributed by atoms with van der Waals surface area (Å²) in [5.74, 6) is 0.0523. The van der Waals surface area contributed by atoms with Gasteiger partial charge in [-0.15, -0.1) is 0 Å². The zero-order valence-electron chi connectivity index (χ0n) is 7.79. The maximum Gasteiger partial charge on any atom is 0.219 e. The number of hydrogen-bond acceptors (Lipinski definition) is 3. The Kier molecular flexibility index (Phi) is 7.36. The van der Waals surface area contributed by atoms with Crippen molar-refractivity contribution in [3.63, 3.8) is 0 Å². The third-order valence-electron chi connectivity index (χ3n) is 1.28. The van der Waals surface area contributed by atoms with Gasteiger partial charge in [0.1, 0.15) is 0 Å². The van der Waals surface area contributed by atoms with Gasteiger partial charge >= 0.3 is 0 Å². The molecule has 0 aromatic carbocycles. The smallest absolute Gasteiger partial charge is 0.219 e. The van der Waals surface area contributed by atoms with Crippen LogP contribution in [0.15, 0.2) is 0 Å². The van der Waals surface area contributed by atoms with Crippen LogP contribution in [0.2, 0.25) is 0 Å². The summed E-state index contributed by atoms with van der Waals surface area (Å²) in [5, 5.41) is 2.70. The van der Waals surface area contributed by atoms with E-state index in [9.17, 15) is 4.79 Å².